The summed E-state index contributed by atoms with van der Waals surface area (Å²) in [5.74, 6) is 0. The highest BCUT2D eigenvalue weighted by Crippen LogP contribution is 2.34. The second-order valence-corrected chi connectivity index (χ2v) is 7.99. The monoisotopic (exact) mass is 378 g/mol. The summed E-state index contributed by atoms with van der Waals surface area (Å²) >= 11 is 2.99. The van der Waals surface area contributed by atoms with Gasteiger partial charge >= 0.3 is 6.09 Å². The quantitative estimate of drug-likeness (QED) is 0.540. The Balaban J connectivity index is 1.81. The Hall–Kier alpha value is -2.13. The van der Waals surface area contributed by atoms with Crippen LogP contribution >= 0.6 is 23.1 Å². The molecule has 3 heterocycles. The molecule has 0 radical (unpaired) electrons. The summed E-state index contributed by atoms with van der Waals surface area (Å²) in [6.45, 7) is 5.75. The molecule has 0 aromatic carbocycles. The summed E-state index contributed by atoms with van der Waals surface area (Å²) in [7, 11) is 0. The highest BCUT2D eigenvalue weighted by Gasteiger charge is 2.19. The van der Waals surface area contributed by atoms with Gasteiger partial charge in [-0.2, -0.15) is 0 Å². The number of alkyl carbamates (subject to hydrolysis) is 1. The number of hydrogen-bond donors (Lipinski definition) is 1. The molecule has 132 valence electrons. The Bertz CT molecular complexity index is 898. The first-order valence-corrected chi connectivity index (χ1v) is 9.59. The van der Waals surface area contributed by atoms with E-state index in [1.165, 1.54) is 29.4 Å². The summed E-state index contributed by atoms with van der Waals surface area (Å²) in [5.41, 5.74) is 1.89. The minimum atomic E-state index is -0.538. The molecule has 1 N–H and O–H groups in total. The van der Waals surface area contributed by atoms with E-state index < -0.39 is 11.7 Å². The molecule has 25 heavy (non-hydrogen) atoms. The Labute approximate surface area is 153 Å². The number of amides is 1. The average Bonchev–Trinajstić information content (AvgIpc) is 3.16. The van der Waals surface area contributed by atoms with Gasteiger partial charge in [0.25, 0.3) is 0 Å². The third-order valence-corrected chi connectivity index (χ3v) is 4.83. The predicted octanol–water partition coefficient (Wildman–Crippen LogP) is 4.09. The van der Waals surface area contributed by atoms with Gasteiger partial charge in [0.05, 0.1) is 11.8 Å². The average molecular weight is 378 g/mol. The van der Waals surface area contributed by atoms with Gasteiger partial charge < -0.3 is 14.5 Å². The first kappa shape index (κ1) is 17.7. The summed E-state index contributed by atoms with van der Waals surface area (Å²) < 4.78 is 10.6. The van der Waals surface area contributed by atoms with Gasteiger partial charge in [-0.25, -0.2) is 19.7 Å². The van der Waals surface area contributed by atoms with Crippen LogP contribution in [0.4, 0.5) is 4.79 Å². The van der Waals surface area contributed by atoms with Crippen LogP contribution in [0.1, 0.15) is 26.3 Å². The van der Waals surface area contributed by atoms with Crippen molar-refractivity contribution in [3.63, 3.8) is 0 Å². The van der Waals surface area contributed by atoms with Crippen molar-refractivity contribution in [2.45, 2.75) is 37.9 Å². The second kappa shape index (κ2) is 7.01. The summed E-state index contributed by atoms with van der Waals surface area (Å²) in [6.07, 6.45) is 6.24. The van der Waals surface area contributed by atoms with E-state index >= 15 is 0 Å². The molecule has 0 aliphatic heterocycles. The minimum absolute atomic E-state index is 0.289. The van der Waals surface area contributed by atoms with E-state index in [1.54, 1.807) is 12.5 Å². The highest BCUT2D eigenvalue weighted by molar-refractivity contribution is 7.98. The van der Waals surface area contributed by atoms with Crippen LogP contribution < -0.4 is 5.32 Å². The van der Waals surface area contributed by atoms with Crippen LogP contribution in [0.3, 0.4) is 0 Å². The molecule has 9 heteroatoms. The Morgan fingerprint density at radius 2 is 2.16 bits per heavy atom. The van der Waals surface area contributed by atoms with Crippen molar-refractivity contribution >= 4 is 39.5 Å². The number of thioether (sulfide) groups is 1. The zero-order valence-electron chi connectivity index (χ0n) is 14.3. The molecule has 3 rings (SSSR count). The van der Waals surface area contributed by atoms with E-state index in [-0.39, 0.29) is 6.54 Å². The number of aromatic nitrogens is 3. The van der Waals surface area contributed by atoms with Crippen molar-refractivity contribution in [3.8, 4) is 10.6 Å². The predicted molar refractivity (Wildman–Crippen MR) is 97.8 cm³/mol. The molecule has 3 aromatic rings. The maximum absolute atomic E-state index is 11.8. The maximum atomic E-state index is 11.8. The van der Waals surface area contributed by atoms with Gasteiger partial charge in [-0.15, -0.1) is 11.8 Å². The number of ether oxygens (including phenoxy) is 1. The Morgan fingerprint density at radius 3 is 2.88 bits per heavy atom. The molecule has 0 atom stereocenters. The third-order valence-electron chi connectivity index (χ3n) is 3.15. The molecule has 0 saturated carbocycles. The first-order valence-electron chi connectivity index (χ1n) is 7.55. The molecule has 0 saturated heterocycles. The number of fused-ring (bicyclic) bond motifs is 1. The van der Waals surface area contributed by atoms with Gasteiger partial charge in [0, 0.05) is 12.1 Å². The molecular weight excluding hydrogens is 360 g/mol. The van der Waals surface area contributed by atoms with Gasteiger partial charge in [0.1, 0.15) is 38.6 Å². The van der Waals surface area contributed by atoms with E-state index in [0.29, 0.717) is 0 Å². The van der Waals surface area contributed by atoms with Gasteiger partial charge in [-0.05, 0) is 27.0 Å². The Morgan fingerprint density at radius 1 is 1.36 bits per heavy atom. The number of rotatable bonds is 4. The van der Waals surface area contributed by atoms with Crippen LogP contribution in [0.15, 0.2) is 28.3 Å². The number of hydrogen-bond acceptors (Lipinski definition) is 8. The molecule has 0 unspecified atom stereocenters. The standard InChI is InChI=1S/C16H18N4O3S2/c1-16(2,3)23-15(21)17-5-9-6-22-7-10(9)12-20-11-13(24-4)18-8-19-14(11)25-12/h6-8H,5H2,1-4H3,(H,17,21). The van der Waals surface area contributed by atoms with Gasteiger partial charge in [0.15, 0.2) is 0 Å². The summed E-state index contributed by atoms with van der Waals surface area (Å²) in [6, 6.07) is 0. The highest BCUT2D eigenvalue weighted by atomic mass is 32.2. The zero-order chi connectivity index (χ0) is 18.0. The molecule has 0 aliphatic carbocycles. The molecule has 0 bridgehead atoms. The number of carbonyl (C=O) groups excluding carboxylic acids is 1. The van der Waals surface area contributed by atoms with E-state index in [9.17, 15) is 4.79 Å². The van der Waals surface area contributed by atoms with Gasteiger partial charge in [0.2, 0.25) is 0 Å². The van der Waals surface area contributed by atoms with Crippen molar-refractivity contribution in [1.82, 2.24) is 20.3 Å². The number of carbonyl (C=O) groups is 1. The summed E-state index contributed by atoms with van der Waals surface area (Å²) in [5, 5.41) is 4.35. The lowest BCUT2D eigenvalue weighted by atomic mass is 10.2. The number of nitrogens with zero attached hydrogens (tertiary/aromatic N) is 3. The van der Waals surface area contributed by atoms with Gasteiger partial charge in [-0.1, -0.05) is 11.3 Å². The first-order chi connectivity index (χ1) is 11.9. The molecular formula is C16H18N4O3S2. The third kappa shape index (κ3) is 4.10. The number of furan rings is 1. The molecule has 3 aromatic heterocycles. The van der Waals surface area contributed by atoms with Gasteiger partial charge in [-0.3, -0.25) is 0 Å². The number of nitrogens with one attached hydrogen (secondary N) is 1. The normalized spacial score (nSPS) is 11.7. The van der Waals surface area contributed by atoms with Crippen LogP contribution in [0.25, 0.3) is 20.9 Å². The van der Waals surface area contributed by atoms with Crippen molar-refractivity contribution in [1.29, 1.82) is 0 Å². The lowest BCUT2D eigenvalue weighted by Crippen LogP contribution is -2.32. The molecule has 1 amide bonds. The molecule has 0 fully saturated rings. The zero-order valence-corrected chi connectivity index (χ0v) is 16.0. The smallest absolute Gasteiger partial charge is 0.407 e. The van der Waals surface area contributed by atoms with Crippen LogP contribution in [0, 0.1) is 0 Å². The van der Waals surface area contributed by atoms with Crippen LogP contribution in [0.2, 0.25) is 0 Å². The van der Waals surface area contributed by atoms with Crippen molar-refractivity contribution in [3.05, 3.63) is 24.4 Å². The molecule has 7 nitrogen and oxygen atoms in total. The van der Waals surface area contributed by atoms with E-state index in [2.05, 4.69) is 20.3 Å². The maximum Gasteiger partial charge on any atom is 0.407 e. The fourth-order valence-corrected chi connectivity index (χ4v) is 3.63. The minimum Gasteiger partial charge on any atom is -0.472 e. The topological polar surface area (TPSA) is 90.1 Å². The van der Waals surface area contributed by atoms with Crippen molar-refractivity contribution in [2.75, 3.05) is 6.26 Å². The van der Waals surface area contributed by atoms with Crippen LogP contribution in [-0.2, 0) is 11.3 Å². The Kier molecular flexibility index (Phi) is 4.96. The summed E-state index contributed by atoms with van der Waals surface area (Å²) in [4.78, 5) is 25.8. The van der Waals surface area contributed by atoms with Crippen LogP contribution in [-0.4, -0.2) is 32.9 Å². The molecule has 0 spiro atoms. The van der Waals surface area contributed by atoms with Crippen molar-refractivity contribution < 1.29 is 13.9 Å². The van der Waals surface area contributed by atoms with E-state index in [4.69, 9.17) is 9.15 Å². The van der Waals surface area contributed by atoms with Crippen LogP contribution in [0.5, 0.6) is 0 Å². The molecule has 0 aliphatic rings. The van der Waals surface area contributed by atoms with Crippen molar-refractivity contribution in [2.24, 2.45) is 0 Å². The SMILES string of the molecule is CSc1ncnc2sc(-c3cocc3CNC(=O)OC(C)(C)C)nc12. The van der Waals surface area contributed by atoms with E-state index in [0.717, 1.165) is 31.5 Å². The lowest BCUT2D eigenvalue weighted by Gasteiger charge is -2.19. The lowest BCUT2D eigenvalue weighted by molar-refractivity contribution is 0.0523. The fraction of sp³-hybridized carbons (Fsp3) is 0.375. The van der Waals surface area contributed by atoms with E-state index in [1.807, 2.05) is 27.0 Å². The largest absolute Gasteiger partial charge is 0.472 e. The fourth-order valence-electron chi connectivity index (χ4n) is 2.13. The number of thiazole rings is 1. The second-order valence-electron chi connectivity index (χ2n) is 6.22.